The number of nitrogens with two attached hydrogens (primary N) is 1. The third-order valence-electron chi connectivity index (χ3n) is 6.68. The highest BCUT2D eigenvalue weighted by Gasteiger charge is 2.34. The van der Waals surface area contributed by atoms with Crippen molar-refractivity contribution in [3.63, 3.8) is 0 Å². The van der Waals surface area contributed by atoms with Gasteiger partial charge in [0.2, 0.25) is 0 Å². The molecule has 2 unspecified atom stereocenters. The number of carbonyl (C=O) groups is 1. The van der Waals surface area contributed by atoms with Crippen molar-refractivity contribution in [2.24, 2.45) is 5.73 Å². The minimum absolute atomic E-state index is 0.250. The molecule has 7 nitrogen and oxygen atoms in total. The smallest absolute Gasteiger partial charge is 0.135 e. The Bertz CT molecular complexity index is 944. The van der Waals surface area contributed by atoms with Crippen LogP contribution in [0.4, 0.5) is 5.82 Å². The number of aliphatic hydroxyl groups excluding tert-OH is 1. The monoisotopic (exact) mass is 457 g/mol. The zero-order chi connectivity index (χ0) is 22.9. The predicted molar refractivity (Wildman–Crippen MR) is 126 cm³/mol. The highest BCUT2D eigenvalue weighted by Crippen LogP contribution is 2.42. The molecule has 4 rings (SSSR count). The van der Waals surface area contributed by atoms with Crippen LogP contribution in [0.5, 0.6) is 0 Å². The fraction of sp³-hybridized carbons (Fsp3) is 0.542. The molecule has 8 heteroatoms. The van der Waals surface area contributed by atoms with E-state index in [1.807, 2.05) is 31.2 Å². The van der Waals surface area contributed by atoms with Crippen molar-refractivity contribution in [2.45, 2.75) is 50.2 Å². The molecular formula is C24H32ClN5O2. The number of piperazine rings is 1. The van der Waals surface area contributed by atoms with Crippen LogP contribution < -0.4 is 10.6 Å². The van der Waals surface area contributed by atoms with Gasteiger partial charge in [0.1, 0.15) is 18.4 Å². The second-order valence-electron chi connectivity index (χ2n) is 9.56. The molecule has 0 radical (unpaired) electrons. The van der Waals surface area contributed by atoms with Crippen LogP contribution in [-0.4, -0.2) is 64.5 Å². The fourth-order valence-corrected chi connectivity index (χ4v) is 5.23. The van der Waals surface area contributed by atoms with Gasteiger partial charge in [-0.2, -0.15) is 0 Å². The number of aldehydes is 1. The van der Waals surface area contributed by atoms with Crippen LogP contribution in [0.3, 0.4) is 0 Å². The van der Waals surface area contributed by atoms with Gasteiger partial charge < -0.3 is 20.5 Å². The molecule has 32 heavy (non-hydrogen) atoms. The number of halogens is 1. The van der Waals surface area contributed by atoms with Gasteiger partial charge in [-0.15, -0.1) is 0 Å². The summed E-state index contributed by atoms with van der Waals surface area (Å²) < 4.78 is 0. The van der Waals surface area contributed by atoms with Crippen molar-refractivity contribution < 1.29 is 9.90 Å². The topological polar surface area (TPSA) is 95.6 Å². The lowest BCUT2D eigenvalue weighted by atomic mass is 9.85. The van der Waals surface area contributed by atoms with Gasteiger partial charge in [-0.25, -0.2) is 9.97 Å². The van der Waals surface area contributed by atoms with Crippen molar-refractivity contribution in [1.82, 2.24) is 14.9 Å². The number of rotatable bonds is 7. The summed E-state index contributed by atoms with van der Waals surface area (Å²) >= 11 is 5.98. The van der Waals surface area contributed by atoms with E-state index in [-0.39, 0.29) is 11.8 Å². The summed E-state index contributed by atoms with van der Waals surface area (Å²) in [6.07, 6.45) is 3.34. The molecule has 1 aliphatic carbocycles. The molecule has 3 N–H and O–H groups in total. The molecule has 1 aliphatic heterocycles. The number of benzene rings is 1. The third kappa shape index (κ3) is 4.96. The molecule has 0 saturated carbocycles. The molecule has 1 aromatic carbocycles. The zero-order valence-electron chi connectivity index (χ0n) is 18.7. The summed E-state index contributed by atoms with van der Waals surface area (Å²) in [6, 6.07) is 7.41. The lowest BCUT2D eigenvalue weighted by Crippen LogP contribution is -2.55. The molecular weight excluding hydrogens is 426 g/mol. The summed E-state index contributed by atoms with van der Waals surface area (Å²) in [5, 5.41) is 10.9. The number of aliphatic hydroxyl groups is 1. The first-order valence-electron chi connectivity index (χ1n) is 11.3. The van der Waals surface area contributed by atoms with E-state index >= 15 is 0 Å². The van der Waals surface area contributed by atoms with E-state index in [2.05, 4.69) is 26.7 Å². The van der Waals surface area contributed by atoms with Crippen LogP contribution in [0.2, 0.25) is 5.02 Å². The van der Waals surface area contributed by atoms with Crippen LogP contribution in [-0.2, 0) is 4.79 Å². The van der Waals surface area contributed by atoms with Crippen molar-refractivity contribution in [2.75, 3.05) is 37.6 Å². The highest BCUT2D eigenvalue weighted by atomic mass is 35.5. The SMILES string of the molecule is C[C@@H]1C[C@@H](O)c2ncnc(N3CCN(CC(C)(N)CC(C=O)c4ccc(Cl)cc4)CC3)c21. The average molecular weight is 458 g/mol. The molecule has 2 aromatic rings. The van der Waals surface area contributed by atoms with Crippen molar-refractivity contribution in [3.8, 4) is 0 Å². The number of hydrogen-bond acceptors (Lipinski definition) is 7. The van der Waals surface area contributed by atoms with E-state index in [1.165, 1.54) is 0 Å². The first-order chi connectivity index (χ1) is 15.3. The van der Waals surface area contributed by atoms with Gasteiger partial charge >= 0.3 is 0 Å². The molecule has 1 fully saturated rings. The summed E-state index contributed by atoms with van der Waals surface area (Å²) in [5.74, 6) is 0.966. The van der Waals surface area contributed by atoms with Crippen molar-refractivity contribution >= 4 is 23.7 Å². The van der Waals surface area contributed by atoms with Gasteiger partial charge in [0.05, 0.1) is 11.8 Å². The average Bonchev–Trinajstić information content (AvgIpc) is 3.07. The Balaban J connectivity index is 1.37. The maximum absolute atomic E-state index is 11.8. The first kappa shape index (κ1) is 23.1. The zero-order valence-corrected chi connectivity index (χ0v) is 19.5. The van der Waals surface area contributed by atoms with Crippen molar-refractivity contribution in [3.05, 3.63) is 52.4 Å². The Morgan fingerprint density at radius 2 is 1.94 bits per heavy atom. The Morgan fingerprint density at radius 3 is 2.59 bits per heavy atom. The molecule has 2 aliphatic rings. The molecule has 0 spiro atoms. The lowest BCUT2D eigenvalue weighted by molar-refractivity contribution is -0.109. The maximum atomic E-state index is 11.8. The van der Waals surface area contributed by atoms with Gasteiger partial charge in [0.15, 0.2) is 0 Å². The van der Waals surface area contributed by atoms with E-state index in [9.17, 15) is 9.90 Å². The second kappa shape index (κ2) is 9.43. The summed E-state index contributed by atoms with van der Waals surface area (Å²) in [5.41, 5.74) is 8.97. The number of anilines is 1. The van der Waals surface area contributed by atoms with E-state index in [0.29, 0.717) is 17.9 Å². The third-order valence-corrected chi connectivity index (χ3v) is 6.94. The van der Waals surface area contributed by atoms with Crippen LogP contribution in [0.1, 0.15) is 61.4 Å². The predicted octanol–water partition coefficient (Wildman–Crippen LogP) is 2.88. The van der Waals surface area contributed by atoms with E-state index < -0.39 is 11.6 Å². The molecule has 1 saturated heterocycles. The van der Waals surface area contributed by atoms with Crippen LogP contribution in [0.15, 0.2) is 30.6 Å². The molecule has 2 heterocycles. The number of fused-ring (bicyclic) bond motifs is 1. The summed E-state index contributed by atoms with van der Waals surface area (Å²) in [7, 11) is 0. The number of aromatic nitrogens is 2. The highest BCUT2D eigenvalue weighted by molar-refractivity contribution is 6.30. The summed E-state index contributed by atoms with van der Waals surface area (Å²) in [6.45, 7) is 8.29. The number of hydrogen-bond donors (Lipinski definition) is 2. The van der Waals surface area contributed by atoms with E-state index in [0.717, 1.165) is 61.6 Å². The quantitative estimate of drug-likeness (QED) is 0.617. The molecule has 172 valence electrons. The number of carbonyl (C=O) groups excluding carboxylic acids is 1. The molecule has 0 amide bonds. The first-order valence-corrected chi connectivity index (χ1v) is 11.6. The second-order valence-corrected chi connectivity index (χ2v) is 10.0. The van der Waals surface area contributed by atoms with Crippen LogP contribution >= 0.6 is 11.6 Å². The van der Waals surface area contributed by atoms with E-state index in [4.69, 9.17) is 17.3 Å². The molecule has 0 bridgehead atoms. The van der Waals surface area contributed by atoms with Crippen LogP contribution in [0, 0.1) is 0 Å². The van der Waals surface area contributed by atoms with Crippen LogP contribution in [0.25, 0.3) is 0 Å². The van der Waals surface area contributed by atoms with Gasteiger partial charge in [0, 0.05) is 54.8 Å². The Hall–Kier alpha value is -2.06. The summed E-state index contributed by atoms with van der Waals surface area (Å²) in [4.78, 5) is 25.3. The Kier molecular flexibility index (Phi) is 6.81. The van der Waals surface area contributed by atoms with Crippen molar-refractivity contribution in [1.29, 1.82) is 0 Å². The van der Waals surface area contributed by atoms with Gasteiger partial charge in [-0.1, -0.05) is 30.7 Å². The minimum atomic E-state index is -0.498. The normalized spacial score (nSPS) is 24.1. The Morgan fingerprint density at radius 1 is 1.25 bits per heavy atom. The largest absolute Gasteiger partial charge is 0.387 e. The Labute approximate surface area is 194 Å². The fourth-order valence-electron chi connectivity index (χ4n) is 5.10. The minimum Gasteiger partial charge on any atom is -0.387 e. The standard InChI is InChI=1S/C24H32ClN5O2/c1-16-11-20(32)22-21(16)23(28-15-27-22)30-9-7-29(8-10-30)14-24(2,26)12-18(13-31)17-3-5-19(25)6-4-17/h3-6,13,15-16,18,20,32H,7-12,14,26H2,1-2H3/t16-,18?,20-,24?/m1/s1. The van der Waals surface area contributed by atoms with Gasteiger partial charge in [0.25, 0.3) is 0 Å². The molecule has 1 aromatic heterocycles. The maximum Gasteiger partial charge on any atom is 0.135 e. The van der Waals surface area contributed by atoms with Gasteiger partial charge in [-0.3, -0.25) is 4.90 Å². The van der Waals surface area contributed by atoms with Gasteiger partial charge in [-0.05, 0) is 43.4 Å². The molecule has 4 atom stereocenters. The van der Waals surface area contributed by atoms with E-state index in [1.54, 1.807) is 6.33 Å². The lowest BCUT2D eigenvalue weighted by Gasteiger charge is -2.40. The number of nitrogens with zero attached hydrogens (tertiary/aromatic N) is 4.